The van der Waals surface area contributed by atoms with Gasteiger partial charge in [0, 0.05) is 27.9 Å². The fourth-order valence-corrected chi connectivity index (χ4v) is 1.24. The molecular formula is C11H23AgN3-2. The Hall–Kier alpha value is 0.0403. The molecule has 0 aromatic heterocycles. The molecule has 1 atom stereocenters. The fraction of sp³-hybridized carbons (Fsp3) is 0.727. The number of nitrogens with two attached hydrogens (primary N) is 1. The Kier molecular flexibility index (Phi) is 7.65. The van der Waals surface area contributed by atoms with Crippen LogP contribution in [0.2, 0.25) is 0 Å². The van der Waals surface area contributed by atoms with Crippen LogP contribution >= 0.6 is 0 Å². The molecule has 1 radical (unpaired) electrons. The molecule has 0 bridgehead atoms. The van der Waals surface area contributed by atoms with Crippen LogP contribution in [0.25, 0.3) is 6.15 Å². The zero-order valence-corrected chi connectivity index (χ0v) is 11.8. The Morgan fingerprint density at radius 3 is 2.13 bits per heavy atom. The fourth-order valence-electron chi connectivity index (χ4n) is 1.24. The van der Waals surface area contributed by atoms with E-state index in [-0.39, 0.29) is 34.1 Å². The van der Waals surface area contributed by atoms with Crippen LogP contribution in [0.4, 0.5) is 0 Å². The molecule has 1 heterocycles. The standard InChI is InChI=1S/C11H21N2.Ag.H2N/c1-6-10(2)12-7-8-13(9-12)11(3,4)5;;/h7-10H,6H2,1-5H3;;1H2/q-1;;-1. The molecule has 1 aliphatic heterocycles. The van der Waals surface area contributed by atoms with Crippen molar-refractivity contribution in [3.63, 3.8) is 0 Å². The van der Waals surface area contributed by atoms with Crippen molar-refractivity contribution < 1.29 is 22.4 Å². The third-order valence-electron chi connectivity index (χ3n) is 2.53. The monoisotopic (exact) mass is 304 g/mol. The van der Waals surface area contributed by atoms with Crippen molar-refractivity contribution in [1.29, 1.82) is 0 Å². The van der Waals surface area contributed by atoms with Crippen molar-refractivity contribution >= 4 is 0 Å². The van der Waals surface area contributed by atoms with E-state index in [1.165, 1.54) is 6.42 Å². The summed E-state index contributed by atoms with van der Waals surface area (Å²) in [5.41, 5.74) is 0.193. The number of nitrogens with zero attached hydrogens (tertiary/aromatic N) is 2. The zero-order chi connectivity index (χ0) is 10.1. The van der Waals surface area contributed by atoms with E-state index in [2.05, 4.69) is 63.5 Å². The quantitative estimate of drug-likeness (QED) is 0.578. The molecule has 3 nitrogen and oxygen atoms in total. The summed E-state index contributed by atoms with van der Waals surface area (Å²) in [5.74, 6) is 0. The van der Waals surface area contributed by atoms with Crippen LogP contribution in [0.1, 0.15) is 41.0 Å². The predicted molar refractivity (Wildman–Crippen MR) is 61.9 cm³/mol. The van der Waals surface area contributed by atoms with Crippen LogP contribution in [-0.2, 0) is 22.4 Å². The molecule has 1 aliphatic rings. The Balaban J connectivity index is 0. The maximum absolute atomic E-state index is 2.27. The van der Waals surface area contributed by atoms with Crippen molar-refractivity contribution in [3.8, 4) is 0 Å². The second-order valence-electron chi connectivity index (χ2n) is 4.70. The van der Waals surface area contributed by atoms with Crippen molar-refractivity contribution in [2.24, 2.45) is 0 Å². The third kappa shape index (κ3) is 4.60. The van der Waals surface area contributed by atoms with Gasteiger partial charge in [0.2, 0.25) is 0 Å². The van der Waals surface area contributed by atoms with Gasteiger partial charge in [0.05, 0.1) is 0 Å². The van der Waals surface area contributed by atoms with Crippen LogP contribution in [0.15, 0.2) is 12.4 Å². The Bertz CT molecular complexity index is 198. The molecule has 95 valence electrons. The van der Waals surface area contributed by atoms with E-state index in [4.69, 9.17) is 0 Å². The summed E-state index contributed by atoms with van der Waals surface area (Å²) >= 11 is 0. The van der Waals surface area contributed by atoms with Gasteiger partial charge in [-0.25, -0.2) is 0 Å². The van der Waals surface area contributed by atoms with Gasteiger partial charge in [-0.3, -0.25) is 0 Å². The summed E-state index contributed by atoms with van der Waals surface area (Å²) in [6.45, 7) is 13.3. The molecule has 0 aromatic rings. The van der Waals surface area contributed by atoms with Crippen LogP contribution in [0, 0.1) is 6.67 Å². The van der Waals surface area contributed by atoms with Crippen LogP contribution in [0.5, 0.6) is 0 Å². The minimum atomic E-state index is 0. The first-order valence-electron chi connectivity index (χ1n) is 5.04. The first kappa shape index (κ1) is 17.4. The van der Waals surface area contributed by atoms with Crippen molar-refractivity contribution in [3.05, 3.63) is 25.2 Å². The van der Waals surface area contributed by atoms with Gasteiger partial charge in [-0.2, -0.15) is 6.67 Å². The van der Waals surface area contributed by atoms with Gasteiger partial charge in [0.15, 0.2) is 0 Å². The van der Waals surface area contributed by atoms with E-state index in [1.54, 1.807) is 0 Å². The van der Waals surface area contributed by atoms with Gasteiger partial charge >= 0.3 is 0 Å². The predicted octanol–water partition coefficient (Wildman–Crippen LogP) is 3.51. The molecule has 15 heavy (non-hydrogen) atoms. The minimum absolute atomic E-state index is 0. The normalized spacial score (nSPS) is 17.1. The summed E-state index contributed by atoms with van der Waals surface area (Å²) in [7, 11) is 0. The van der Waals surface area contributed by atoms with E-state index < -0.39 is 0 Å². The van der Waals surface area contributed by atoms with Crippen LogP contribution < -0.4 is 0 Å². The first-order chi connectivity index (χ1) is 5.95. The van der Waals surface area contributed by atoms with Gasteiger partial charge in [-0.15, -0.1) is 0 Å². The van der Waals surface area contributed by atoms with E-state index in [0.29, 0.717) is 6.04 Å². The van der Waals surface area contributed by atoms with E-state index in [0.717, 1.165) is 0 Å². The van der Waals surface area contributed by atoms with Gasteiger partial charge in [0.25, 0.3) is 0 Å². The molecule has 2 N–H and O–H groups in total. The number of hydrogen-bond acceptors (Lipinski definition) is 2. The first-order valence-corrected chi connectivity index (χ1v) is 5.04. The molecule has 0 fully saturated rings. The second kappa shape index (κ2) is 6.59. The maximum atomic E-state index is 2.27. The zero-order valence-electron chi connectivity index (χ0n) is 10.3. The Labute approximate surface area is 110 Å². The molecule has 1 rings (SSSR count). The summed E-state index contributed by atoms with van der Waals surface area (Å²) in [6.07, 6.45) is 5.48. The molecule has 0 amide bonds. The maximum Gasteiger partial charge on any atom is 0.00415 e. The summed E-state index contributed by atoms with van der Waals surface area (Å²) in [5, 5.41) is 0. The number of hydrogen-bond donors (Lipinski definition) is 0. The van der Waals surface area contributed by atoms with Gasteiger partial charge in [-0.1, -0.05) is 6.92 Å². The van der Waals surface area contributed by atoms with E-state index in [1.807, 2.05) is 0 Å². The molecule has 0 aliphatic carbocycles. The van der Waals surface area contributed by atoms with Gasteiger partial charge in [-0.05, 0) is 52.6 Å². The summed E-state index contributed by atoms with van der Waals surface area (Å²) in [6, 6.07) is 0.601. The molecular weight excluding hydrogens is 282 g/mol. The minimum Gasteiger partial charge on any atom is -0.693 e. The van der Waals surface area contributed by atoms with Crippen LogP contribution in [0.3, 0.4) is 0 Å². The molecule has 0 spiro atoms. The molecule has 0 aromatic carbocycles. The van der Waals surface area contributed by atoms with Gasteiger partial charge < -0.3 is 16.0 Å². The SMILES string of the molecule is CCC(C)N1C=CN(C(C)(C)C)[CH-]1.[Ag].[NH2-]. The van der Waals surface area contributed by atoms with Crippen molar-refractivity contribution in [2.45, 2.75) is 52.6 Å². The molecule has 0 saturated heterocycles. The summed E-state index contributed by atoms with van der Waals surface area (Å²) in [4.78, 5) is 4.52. The van der Waals surface area contributed by atoms with Crippen molar-refractivity contribution in [2.75, 3.05) is 0 Å². The largest absolute Gasteiger partial charge is 0.693 e. The van der Waals surface area contributed by atoms with Gasteiger partial charge in [0.1, 0.15) is 0 Å². The average molecular weight is 305 g/mol. The Morgan fingerprint density at radius 1 is 1.27 bits per heavy atom. The smallest absolute Gasteiger partial charge is 0.00415 e. The Morgan fingerprint density at radius 2 is 1.80 bits per heavy atom. The summed E-state index contributed by atoms with van der Waals surface area (Å²) < 4.78 is 0. The molecule has 4 heteroatoms. The molecule has 1 unspecified atom stereocenters. The van der Waals surface area contributed by atoms with Crippen LogP contribution in [-0.4, -0.2) is 21.4 Å². The second-order valence-corrected chi connectivity index (χ2v) is 4.70. The van der Waals surface area contributed by atoms with E-state index in [9.17, 15) is 0 Å². The van der Waals surface area contributed by atoms with Crippen molar-refractivity contribution in [1.82, 2.24) is 9.80 Å². The molecule has 0 saturated carbocycles. The topological polar surface area (TPSA) is 40.0 Å². The third-order valence-corrected chi connectivity index (χ3v) is 2.53. The van der Waals surface area contributed by atoms with E-state index >= 15 is 0 Å². The average Bonchev–Trinajstić information content (AvgIpc) is 2.50. The number of rotatable bonds is 2.